The molecule has 0 saturated carbocycles. The van der Waals surface area contributed by atoms with Crippen LogP contribution in [-0.4, -0.2) is 18.2 Å². The van der Waals surface area contributed by atoms with Gasteiger partial charge in [0.2, 0.25) is 0 Å². The maximum atomic E-state index is 11.0. The highest BCUT2D eigenvalue weighted by molar-refractivity contribution is 5.74. The number of ether oxygens (including phenoxy) is 1. The van der Waals surface area contributed by atoms with Gasteiger partial charge in [0.1, 0.15) is 5.75 Å². The van der Waals surface area contributed by atoms with Crippen molar-refractivity contribution in [2.45, 2.75) is 19.8 Å². The van der Waals surface area contributed by atoms with E-state index < -0.39 is 5.97 Å². The molecule has 1 aliphatic carbocycles. The van der Waals surface area contributed by atoms with E-state index in [4.69, 9.17) is 9.84 Å². The minimum atomic E-state index is -0.687. The normalized spacial score (nSPS) is 23.3. The van der Waals surface area contributed by atoms with Crippen molar-refractivity contribution in [2.75, 3.05) is 7.11 Å². The molecule has 0 heterocycles. The van der Waals surface area contributed by atoms with Crippen molar-refractivity contribution < 1.29 is 14.6 Å². The number of hydrogen-bond acceptors (Lipinski definition) is 2. The summed E-state index contributed by atoms with van der Waals surface area (Å²) in [6, 6.07) is 7.92. The average Bonchev–Trinajstić information content (AvgIpc) is 2.38. The van der Waals surface area contributed by atoms with Crippen LogP contribution in [0.15, 0.2) is 30.3 Å². The molecule has 0 aliphatic heterocycles. The summed E-state index contributed by atoms with van der Waals surface area (Å²) in [6.45, 7) is 1.97. The summed E-state index contributed by atoms with van der Waals surface area (Å²) in [5.74, 6) is -0.000462. The van der Waals surface area contributed by atoms with E-state index in [-0.39, 0.29) is 11.8 Å². The van der Waals surface area contributed by atoms with Gasteiger partial charge in [-0.2, -0.15) is 0 Å². The molecule has 1 aliphatic rings. The molecule has 2 atom stereocenters. The zero-order chi connectivity index (χ0) is 13.1. The van der Waals surface area contributed by atoms with Crippen molar-refractivity contribution in [2.24, 2.45) is 11.8 Å². The van der Waals surface area contributed by atoms with Gasteiger partial charge >= 0.3 is 5.97 Å². The van der Waals surface area contributed by atoms with Crippen LogP contribution in [0.5, 0.6) is 5.75 Å². The second kappa shape index (κ2) is 5.25. The highest BCUT2D eigenvalue weighted by Gasteiger charge is 2.27. The van der Waals surface area contributed by atoms with E-state index in [0.29, 0.717) is 6.42 Å². The molecule has 0 amide bonds. The predicted octanol–water partition coefficient (Wildman–Crippen LogP) is 3.21. The third kappa shape index (κ3) is 2.55. The number of hydrogen-bond donors (Lipinski definition) is 1. The number of methoxy groups -OCH3 is 1. The zero-order valence-corrected chi connectivity index (χ0v) is 10.7. The van der Waals surface area contributed by atoms with Gasteiger partial charge in [0.15, 0.2) is 0 Å². The van der Waals surface area contributed by atoms with Gasteiger partial charge in [-0.15, -0.1) is 0 Å². The molecular weight excluding hydrogens is 228 g/mol. The summed E-state index contributed by atoms with van der Waals surface area (Å²) in [6.07, 6.45) is 3.63. The van der Waals surface area contributed by atoms with Gasteiger partial charge in [0.25, 0.3) is 0 Å². The second-order valence-corrected chi connectivity index (χ2v) is 4.76. The number of rotatable bonds is 3. The molecule has 0 saturated heterocycles. The Morgan fingerprint density at radius 2 is 2.00 bits per heavy atom. The van der Waals surface area contributed by atoms with Crippen LogP contribution in [0, 0.1) is 11.8 Å². The van der Waals surface area contributed by atoms with Crippen molar-refractivity contribution in [3.05, 3.63) is 35.9 Å². The molecule has 2 unspecified atom stereocenters. The first-order chi connectivity index (χ1) is 8.61. The van der Waals surface area contributed by atoms with Gasteiger partial charge < -0.3 is 9.84 Å². The minimum Gasteiger partial charge on any atom is -0.497 e. The molecule has 2 rings (SSSR count). The first-order valence-electron chi connectivity index (χ1n) is 6.19. The smallest absolute Gasteiger partial charge is 0.307 e. The number of carboxylic acids is 1. The van der Waals surface area contributed by atoms with Crippen LogP contribution in [-0.2, 0) is 4.79 Å². The van der Waals surface area contributed by atoms with Crippen molar-refractivity contribution in [1.29, 1.82) is 0 Å². The Morgan fingerprint density at radius 1 is 1.33 bits per heavy atom. The number of benzene rings is 1. The van der Waals surface area contributed by atoms with Crippen LogP contribution in [0.25, 0.3) is 5.57 Å². The molecule has 0 radical (unpaired) electrons. The van der Waals surface area contributed by atoms with Crippen molar-refractivity contribution in [3.8, 4) is 5.75 Å². The number of carboxylic acid groups (broad SMARTS) is 1. The summed E-state index contributed by atoms with van der Waals surface area (Å²) < 4.78 is 5.13. The van der Waals surface area contributed by atoms with Gasteiger partial charge in [0, 0.05) is 0 Å². The van der Waals surface area contributed by atoms with Gasteiger partial charge in [-0.25, -0.2) is 0 Å². The number of allylic oxidation sites excluding steroid dienone is 2. The lowest BCUT2D eigenvalue weighted by Crippen LogP contribution is -2.23. The molecule has 0 spiro atoms. The Morgan fingerprint density at radius 3 is 2.50 bits per heavy atom. The van der Waals surface area contributed by atoms with Crippen LogP contribution in [0.3, 0.4) is 0 Å². The molecule has 0 fully saturated rings. The fourth-order valence-corrected chi connectivity index (χ4v) is 2.48. The molecule has 96 valence electrons. The summed E-state index contributed by atoms with van der Waals surface area (Å²) in [4.78, 5) is 11.0. The van der Waals surface area contributed by atoms with E-state index in [2.05, 4.69) is 6.08 Å². The van der Waals surface area contributed by atoms with E-state index >= 15 is 0 Å². The summed E-state index contributed by atoms with van der Waals surface area (Å²) >= 11 is 0. The van der Waals surface area contributed by atoms with Gasteiger partial charge in [-0.05, 0) is 42.0 Å². The van der Waals surface area contributed by atoms with E-state index in [1.54, 1.807) is 7.11 Å². The van der Waals surface area contributed by atoms with E-state index in [9.17, 15) is 4.79 Å². The second-order valence-electron chi connectivity index (χ2n) is 4.76. The Hall–Kier alpha value is -1.77. The molecule has 18 heavy (non-hydrogen) atoms. The van der Waals surface area contributed by atoms with Crippen molar-refractivity contribution in [3.63, 3.8) is 0 Å². The maximum absolute atomic E-state index is 11.0. The van der Waals surface area contributed by atoms with Gasteiger partial charge in [-0.3, -0.25) is 4.79 Å². The molecule has 0 aromatic heterocycles. The third-order valence-electron chi connectivity index (χ3n) is 3.60. The Labute approximate surface area is 107 Å². The fourth-order valence-electron chi connectivity index (χ4n) is 2.48. The predicted molar refractivity (Wildman–Crippen MR) is 70.5 cm³/mol. The first-order valence-corrected chi connectivity index (χ1v) is 6.19. The van der Waals surface area contributed by atoms with Crippen molar-refractivity contribution in [1.82, 2.24) is 0 Å². The average molecular weight is 246 g/mol. The largest absolute Gasteiger partial charge is 0.497 e. The molecule has 3 heteroatoms. The quantitative estimate of drug-likeness (QED) is 0.890. The van der Waals surface area contributed by atoms with E-state index in [1.165, 1.54) is 5.57 Å². The Kier molecular flexibility index (Phi) is 3.70. The lowest BCUT2D eigenvalue weighted by molar-refractivity contribution is -0.143. The van der Waals surface area contributed by atoms with Crippen LogP contribution < -0.4 is 4.74 Å². The molecule has 1 N–H and O–H groups in total. The van der Waals surface area contributed by atoms with Gasteiger partial charge in [-0.1, -0.05) is 25.1 Å². The van der Waals surface area contributed by atoms with Crippen LogP contribution in [0.1, 0.15) is 25.3 Å². The van der Waals surface area contributed by atoms with E-state index in [1.807, 2.05) is 31.2 Å². The number of carbonyl (C=O) groups is 1. The zero-order valence-electron chi connectivity index (χ0n) is 10.7. The van der Waals surface area contributed by atoms with Crippen LogP contribution in [0.2, 0.25) is 0 Å². The molecular formula is C15H18O3. The van der Waals surface area contributed by atoms with Gasteiger partial charge in [0.05, 0.1) is 13.0 Å². The molecule has 0 bridgehead atoms. The lowest BCUT2D eigenvalue weighted by Gasteiger charge is -2.24. The minimum absolute atomic E-state index is 0.0911. The summed E-state index contributed by atoms with van der Waals surface area (Å²) in [7, 11) is 1.65. The Bertz CT molecular complexity index is 459. The fraction of sp³-hybridized carbons (Fsp3) is 0.400. The van der Waals surface area contributed by atoms with Crippen LogP contribution in [0.4, 0.5) is 0 Å². The standard InChI is InChI=1S/C15H18O3/c1-10-9-12(5-8-14(10)15(16)17)11-3-6-13(18-2)7-4-11/h3-4,6-7,9-10,14H,5,8H2,1-2H3,(H,16,17). The summed E-state index contributed by atoms with van der Waals surface area (Å²) in [5, 5.41) is 9.09. The molecule has 1 aromatic rings. The van der Waals surface area contributed by atoms with Crippen LogP contribution >= 0.6 is 0 Å². The topological polar surface area (TPSA) is 46.5 Å². The maximum Gasteiger partial charge on any atom is 0.307 e. The monoisotopic (exact) mass is 246 g/mol. The summed E-state index contributed by atoms with van der Waals surface area (Å²) in [5.41, 5.74) is 2.40. The SMILES string of the molecule is COc1ccc(C2=CC(C)C(C(=O)O)CC2)cc1. The number of aliphatic carboxylic acids is 1. The first kappa shape index (κ1) is 12.7. The third-order valence-corrected chi connectivity index (χ3v) is 3.60. The molecule has 1 aromatic carbocycles. The Balaban J connectivity index is 2.19. The lowest BCUT2D eigenvalue weighted by atomic mass is 9.80. The molecule has 3 nitrogen and oxygen atoms in total. The highest BCUT2D eigenvalue weighted by Crippen LogP contribution is 2.34. The van der Waals surface area contributed by atoms with Crippen molar-refractivity contribution >= 4 is 11.5 Å². The van der Waals surface area contributed by atoms with E-state index in [0.717, 1.165) is 17.7 Å². The highest BCUT2D eigenvalue weighted by atomic mass is 16.5.